The zero-order valence-corrected chi connectivity index (χ0v) is 22.4. The fraction of sp³-hybridized carbons (Fsp3) is 0.308. The lowest BCUT2D eigenvalue weighted by atomic mass is 9.96. The van der Waals surface area contributed by atoms with Crippen molar-refractivity contribution in [1.82, 2.24) is 9.29 Å². The number of fused-ring (bicyclic) bond motifs is 1. The fourth-order valence-electron chi connectivity index (χ4n) is 4.54. The van der Waals surface area contributed by atoms with E-state index in [0.717, 1.165) is 10.8 Å². The van der Waals surface area contributed by atoms with Crippen LogP contribution in [0.15, 0.2) is 64.1 Å². The summed E-state index contributed by atoms with van der Waals surface area (Å²) in [6, 6.07) is 12.4. The van der Waals surface area contributed by atoms with Crippen molar-refractivity contribution in [3.63, 3.8) is 0 Å². The molecule has 1 fully saturated rings. The number of aromatic nitrogens is 1. The van der Waals surface area contributed by atoms with Gasteiger partial charge in [-0.1, -0.05) is 23.5 Å². The van der Waals surface area contributed by atoms with E-state index in [2.05, 4.69) is 0 Å². The van der Waals surface area contributed by atoms with Crippen LogP contribution >= 0.6 is 11.3 Å². The summed E-state index contributed by atoms with van der Waals surface area (Å²) < 4.78 is 58.7. The molecule has 0 atom stereocenters. The van der Waals surface area contributed by atoms with Crippen molar-refractivity contribution in [2.75, 3.05) is 32.2 Å². The van der Waals surface area contributed by atoms with Gasteiger partial charge in [-0.3, -0.25) is 9.69 Å². The second-order valence-corrected chi connectivity index (χ2v) is 11.6. The van der Waals surface area contributed by atoms with E-state index < -0.39 is 21.8 Å². The Morgan fingerprint density at radius 2 is 1.82 bits per heavy atom. The molecule has 9 nitrogen and oxygen atoms in total. The second kappa shape index (κ2) is 10.7. The summed E-state index contributed by atoms with van der Waals surface area (Å²) in [4.78, 5) is 19.8. The van der Waals surface area contributed by atoms with Gasteiger partial charge in [-0.25, -0.2) is 17.8 Å². The molecule has 12 heteroatoms. The number of methoxy groups -OCH3 is 2. The number of benzene rings is 2. The lowest BCUT2D eigenvalue weighted by Gasteiger charge is -2.32. The van der Waals surface area contributed by atoms with Crippen molar-refractivity contribution in [3.05, 3.63) is 66.4 Å². The van der Waals surface area contributed by atoms with Crippen LogP contribution in [0.3, 0.4) is 0 Å². The molecule has 1 aliphatic heterocycles. The van der Waals surface area contributed by atoms with Gasteiger partial charge in [-0.2, -0.15) is 4.31 Å². The quantitative estimate of drug-likeness (QED) is 0.309. The van der Waals surface area contributed by atoms with Crippen LogP contribution in [0.1, 0.15) is 18.6 Å². The Morgan fingerprint density at radius 3 is 2.47 bits per heavy atom. The Morgan fingerprint density at radius 1 is 1.11 bits per heavy atom. The minimum absolute atomic E-state index is 0.100. The Labute approximate surface area is 223 Å². The highest BCUT2D eigenvalue weighted by molar-refractivity contribution is 7.89. The van der Waals surface area contributed by atoms with Crippen LogP contribution in [0.2, 0.25) is 0 Å². The van der Waals surface area contributed by atoms with E-state index in [4.69, 9.17) is 18.9 Å². The summed E-state index contributed by atoms with van der Waals surface area (Å²) >= 11 is 1.30. The van der Waals surface area contributed by atoms with Crippen LogP contribution in [-0.4, -0.2) is 50.9 Å². The van der Waals surface area contributed by atoms with Gasteiger partial charge < -0.3 is 13.9 Å². The maximum absolute atomic E-state index is 14.2. The van der Waals surface area contributed by atoms with E-state index in [1.54, 1.807) is 43.4 Å². The Hall–Kier alpha value is -3.48. The number of furan rings is 1. The molecule has 5 rings (SSSR count). The van der Waals surface area contributed by atoms with E-state index in [0.29, 0.717) is 40.7 Å². The lowest BCUT2D eigenvalue weighted by Crippen LogP contribution is -2.44. The largest absolute Gasteiger partial charge is 0.495 e. The van der Waals surface area contributed by atoms with Crippen molar-refractivity contribution in [3.8, 4) is 11.5 Å². The number of ether oxygens (including phenoxy) is 2. The number of amides is 1. The van der Waals surface area contributed by atoms with Gasteiger partial charge in [-0.15, -0.1) is 0 Å². The van der Waals surface area contributed by atoms with Crippen molar-refractivity contribution < 1.29 is 31.5 Å². The summed E-state index contributed by atoms with van der Waals surface area (Å²) in [6.07, 6.45) is 2.12. The third-order valence-corrected chi connectivity index (χ3v) is 9.57. The molecule has 0 saturated carbocycles. The van der Waals surface area contributed by atoms with Crippen molar-refractivity contribution in [2.24, 2.45) is 5.92 Å². The molecule has 200 valence electrons. The maximum atomic E-state index is 14.2. The van der Waals surface area contributed by atoms with E-state index in [-0.39, 0.29) is 30.4 Å². The predicted molar refractivity (Wildman–Crippen MR) is 141 cm³/mol. The number of piperidine rings is 1. The third-order valence-electron chi connectivity index (χ3n) is 6.55. The number of hydrogen-bond acceptors (Lipinski definition) is 8. The number of nitrogens with zero attached hydrogens (tertiary/aromatic N) is 3. The fourth-order valence-corrected chi connectivity index (χ4v) is 7.16. The van der Waals surface area contributed by atoms with E-state index in [1.807, 2.05) is 0 Å². The molecule has 0 N–H and O–H groups in total. The molecule has 4 aromatic rings. The van der Waals surface area contributed by atoms with Gasteiger partial charge in [0.05, 0.1) is 27.0 Å². The highest BCUT2D eigenvalue weighted by atomic mass is 32.2. The molecule has 0 spiro atoms. The van der Waals surface area contributed by atoms with E-state index in [9.17, 15) is 17.6 Å². The first-order valence-electron chi connectivity index (χ1n) is 11.9. The SMILES string of the molecule is COc1ccc(OC)c2sc(N(Cc3ccco3)C(=O)C3CCN(S(=O)(=O)c4ccccc4F)CC3)nc12. The average Bonchev–Trinajstić information content (AvgIpc) is 3.61. The summed E-state index contributed by atoms with van der Waals surface area (Å²) in [6.45, 7) is 0.357. The molecule has 0 bridgehead atoms. The maximum Gasteiger partial charge on any atom is 0.245 e. The topological polar surface area (TPSA) is 102 Å². The van der Waals surface area contributed by atoms with Gasteiger partial charge in [-0.05, 0) is 49.2 Å². The standard InChI is InChI=1S/C26H26FN3O6S2/c1-34-20-9-10-21(35-2)24-23(20)28-26(37-24)30(16-18-6-5-15-36-18)25(31)17-11-13-29(14-12-17)38(32,33)22-8-4-3-7-19(22)27/h3-10,15,17H,11-14,16H2,1-2H3. The van der Waals surface area contributed by atoms with Crippen LogP contribution in [0.5, 0.6) is 11.5 Å². The monoisotopic (exact) mass is 559 g/mol. The molecule has 38 heavy (non-hydrogen) atoms. The number of anilines is 1. The molecule has 0 aliphatic carbocycles. The van der Waals surface area contributed by atoms with Crippen LogP contribution in [0, 0.1) is 11.7 Å². The van der Waals surface area contributed by atoms with Crippen LogP contribution < -0.4 is 14.4 Å². The van der Waals surface area contributed by atoms with Crippen molar-refractivity contribution >= 4 is 42.6 Å². The number of halogens is 1. The van der Waals surface area contributed by atoms with Gasteiger partial charge >= 0.3 is 0 Å². The predicted octanol–water partition coefficient (Wildman–Crippen LogP) is 4.68. The van der Waals surface area contributed by atoms with Gasteiger partial charge in [0, 0.05) is 19.0 Å². The first kappa shape index (κ1) is 26.1. The molecular formula is C26H26FN3O6S2. The van der Waals surface area contributed by atoms with Gasteiger partial charge in [0.15, 0.2) is 5.13 Å². The number of carbonyl (C=O) groups is 1. The molecule has 0 unspecified atom stereocenters. The molecular weight excluding hydrogens is 533 g/mol. The Balaban J connectivity index is 1.41. The molecule has 3 heterocycles. The minimum atomic E-state index is -4.01. The summed E-state index contributed by atoms with van der Waals surface area (Å²) in [5.41, 5.74) is 0.579. The molecule has 1 aliphatic rings. The van der Waals surface area contributed by atoms with Crippen LogP contribution in [0.4, 0.5) is 9.52 Å². The molecule has 0 radical (unpaired) electrons. The molecule has 1 saturated heterocycles. The number of rotatable bonds is 8. The second-order valence-electron chi connectivity index (χ2n) is 8.76. The van der Waals surface area contributed by atoms with Crippen LogP contribution in [0.25, 0.3) is 10.2 Å². The first-order valence-corrected chi connectivity index (χ1v) is 14.2. The van der Waals surface area contributed by atoms with Gasteiger partial charge in [0.1, 0.15) is 38.2 Å². The highest BCUT2D eigenvalue weighted by Crippen LogP contribution is 2.41. The molecule has 2 aromatic heterocycles. The van der Waals surface area contributed by atoms with Gasteiger partial charge in [0.25, 0.3) is 0 Å². The van der Waals surface area contributed by atoms with E-state index >= 15 is 0 Å². The zero-order valence-electron chi connectivity index (χ0n) is 20.8. The normalized spacial score (nSPS) is 15.0. The summed E-state index contributed by atoms with van der Waals surface area (Å²) in [5, 5.41) is 0.450. The van der Waals surface area contributed by atoms with Crippen molar-refractivity contribution in [1.29, 1.82) is 0 Å². The zero-order chi connectivity index (χ0) is 26.9. The smallest absolute Gasteiger partial charge is 0.245 e. The highest BCUT2D eigenvalue weighted by Gasteiger charge is 2.36. The van der Waals surface area contributed by atoms with E-state index in [1.165, 1.54) is 40.1 Å². The summed E-state index contributed by atoms with van der Waals surface area (Å²) in [7, 11) is -0.892. The Bertz CT molecular complexity index is 1510. The number of hydrogen-bond donors (Lipinski definition) is 0. The van der Waals surface area contributed by atoms with Gasteiger partial charge in [0.2, 0.25) is 15.9 Å². The molecule has 1 amide bonds. The van der Waals surface area contributed by atoms with Crippen molar-refractivity contribution in [2.45, 2.75) is 24.3 Å². The number of sulfonamides is 1. The third kappa shape index (κ3) is 4.86. The molecule has 2 aromatic carbocycles. The number of thiazole rings is 1. The first-order chi connectivity index (χ1) is 18.3. The Kier molecular flexibility index (Phi) is 7.37. The van der Waals surface area contributed by atoms with Crippen LogP contribution in [-0.2, 0) is 21.4 Å². The summed E-state index contributed by atoms with van der Waals surface area (Å²) in [5.74, 6) is 0.309. The number of carbonyl (C=O) groups excluding carboxylic acids is 1. The average molecular weight is 560 g/mol. The minimum Gasteiger partial charge on any atom is -0.495 e. The lowest BCUT2D eigenvalue weighted by molar-refractivity contribution is -0.123.